The van der Waals surface area contributed by atoms with Crippen molar-refractivity contribution in [1.29, 1.82) is 0 Å². The molecule has 1 unspecified atom stereocenters. The number of nitrogens with zero attached hydrogens (tertiary/aromatic N) is 1. The molecule has 2 aromatic rings. The molecule has 5 heteroatoms. The fraction of sp³-hybridized carbons (Fsp3) is 0.400. The van der Waals surface area contributed by atoms with Gasteiger partial charge in [-0.05, 0) is 6.07 Å². The molecule has 108 valence electrons. The monoisotopic (exact) mass is 295 g/mol. The van der Waals surface area contributed by atoms with E-state index in [2.05, 4.69) is 4.98 Å². The molecule has 2 rings (SSSR count). The van der Waals surface area contributed by atoms with Crippen molar-refractivity contribution < 1.29 is 14.2 Å². The number of aliphatic hydroxyl groups excluding tert-OH is 1. The van der Waals surface area contributed by atoms with E-state index < -0.39 is 11.9 Å². The van der Waals surface area contributed by atoms with Crippen molar-refractivity contribution >= 4 is 11.3 Å². The molecule has 1 heterocycles. The van der Waals surface area contributed by atoms with Crippen molar-refractivity contribution in [2.24, 2.45) is 0 Å². The second-order valence-electron chi connectivity index (χ2n) is 5.59. The number of halogens is 1. The summed E-state index contributed by atoms with van der Waals surface area (Å²) >= 11 is 1.47. The average molecular weight is 295 g/mol. The number of hydrogen-bond acceptors (Lipinski definition) is 4. The van der Waals surface area contributed by atoms with Crippen molar-refractivity contribution in [1.82, 2.24) is 4.98 Å². The van der Waals surface area contributed by atoms with Crippen LogP contribution < -0.4 is 4.74 Å². The average Bonchev–Trinajstić information content (AvgIpc) is 2.87. The van der Waals surface area contributed by atoms with E-state index >= 15 is 0 Å². The number of hydrogen-bond donors (Lipinski definition) is 1. The fourth-order valence-electron chi connectivity index (χ4n) is 1.81. The number of aromatic nitrogens is 1. The molecule has 0 radical (unpaired) electrons. The molecule has 1 aromatic carbocycles. The van der Waals surface area contributed by atoms with Crippen LogP contribution in [0.2, 0.25) is 0 Å². The number of rotatable bonds is 3. The molecule has 1 N–H and O–H groups in total. The lowest BCUT2D eigenvalue weighted by molar-refractivity contribution is 0.208. The topological polar surface area (TPSA) is 42.4 Å². The van der Waals surface area contributed by atoms with Gasteiger partial charge in [0, 0.05) is 16.4 Å². The van der Waals surface area contributed by atoms with Crippen LogP contribution in [0.5, 0.6) is 5.75 Å². The van der Waals surface area contributed by atoms with E-state index in [0.717, 1.165) is 5.01 Å². The van der Waals surface area contributed by atoms with E-state index in [1.54, 1.807) is 17.5 Å². The molecule has 0 saturated carbocycles. The zero-order valence-electron chi connectivity index (χ0n) is 12.0. The number of benzene rings is 1. The van der Waals surface area contributed by atoms with Gasteiger partial charge in [-0.1, -0.05) is 32.9 Å². The summed E-state index contributed by atoms with van der Waals surface area (Å²) in [5, 5.41) is 13.0. The molecule has 3 nitrogen and oxygen atoms in total. The molecule has 20 heavy (non-hydrogen) atoms. The summed E-state index contributed by atoms with van der Waals surface area (Å²) in [7, 11) is 1.40. The zero-order chi connectivity index (χ0) is 14.9. The third-order valence-electron chi connectivity index (χ3n) is 2.95. The van der Waals surface area contributed by atoms with Crippen LogP contribution >= 0.6 is 11.3 Å². The van der Waals surface area contributed by atoms with Crippen LogP contribution in [-0.2, 0) is 5.41 Å². The Morgan fingerprint density at radius 3 is 2.60 bits per heavy atom. The highest BCUT2D eigenvalue weighted by molar-refractivity contribution is 7.09. The van der Waals surface area contributed by atoms with Gasteiger partial charge in [0.15, 0.2) is 11.6 Å². The first kappa shape index (κ1) is 14.9. The minimum atomic E-state index is -1.09. The lowest BCUT2D eigenvalue weighted by atomic mass is 9.98. The Labute approximate surface area is 122 Å². The predicted octanol–water partition coefficient (Wildman–Crippen LogP) is 3.67. The standard InChI is InChI=1S/C15H18FNO2S/c1-15(2,3)14-17-10(8-20-14)13(18)9-6-5-7-11(19-4)12(9)16/h5-8,13,18H,1-4H3. The van der Waals surface area contributed by atoms with Crippen LogP contribution in [-0.4, -0.2) is 17.2 Å². The molecule has 1 aromatic heterocycles. The van der Waals surface area contributed by atoms with Gasteiger partial charge in [0.25, 0.3) is 0 Å². The molecule has 0 aliphatic carbocycles. The van der Waals surface area contributed by atoms with Crippen molar-refractivity contribution in [3.05, 3.63) is 45.7 Å². The summed E-state index contributed by atoms with van der Waals surface area (Å²) in [6.45, 7) is 6.15. The van der Waals surface area contributed by atoms with Gasteiger partial charge >= 0.3 is 0 Å². The van der Waals surface area contributed by atoms with Crippen LogP contribution in [0.3, 0.4) is 0 Å². The lowest BCUT2D eigenvalue weighted by Gasteiger charge is -2.15. The summed E-state index contributed by atoms with van der Waals surface area (Å²) in [5.74, 6) is -0.430. The quantitative estimate of drug-likeness (QED) is 0.939. The van der Waals surface area contributed by atoms with Gasteiger partial charge < -0.3 is 9.84 Å². The Bertz CT molecular complexity index is 604. The van der Waals surface area contributed by atoms with Crippen LogP contribution in [0.4, 0.5) is 4.39 Å². The lowest BCUT2D eigenvalue weighted by Crippen LogP contribution is -2.11. The van der Waals surface area contributed by atoms with Crippen LogP contribution in [0.25, 0.3) is 0 Å². The van der Waals surface area contributed by atoms with E-state index in [1.165, 1.54) is 24.5 Å². The molecule has 0 spiro atoms. The Morgan fingerprint density at radius 2 is 2.05 bits per heavy atom. The number of aliphatic hydroxyl groups is 1. The van der Waals surface area contributed by atoms with Crippen LogP contribution in [0.1, 0.15) is 43.1 Å². The van der Waals surface area contributed by atoms with E-state index in [0.29, 0.717) is 5.69 Å². The van der Waals surface area contributed by atoms with Crippen molar-refractivity contribution in [3.63, 3.8) is 0 Å². The summed E-state index contributed by atoms with van der Waals surface area (Å²) < 4.78 is 19.1. The SMILES string of the molecule is COc1cccc(C(O)c2csc(C(C)(C)C)n2)c1F. The highest BCUT2D eigenvalue weighted by Crippen LogP contribution is 2.32. The van der Waals surface area contributed by atoms with E-state index in [4.69, 9.17) is 4.74 Å². The minimum absolute atomic E-state index is 0.0877. The molecular formula is C15H18FNO2S. The number of ether oxygens (including phenoxy) is 1. The molecule has 0 bridgehead atoms. The predicted molar refractivity (Wildman–Crippen MR) is 77.8 cm³/mol. The van der Waals surface area contributed by atoms with E-state index in [1.807, 2.05) is 20.8 Å². The molecule has 0 saturated heterocycles. The smallest absolute Gasteiger partial charge is 0.171 e. The summed E-state index contributed by atoms with van der Waals surface area (Å²) in [6, 6.07) is 4.71. The Kier molecular flexibility index (Phi) is 4.11. The molecule has 0 fully saturated rings. The fourth-order valence-corrected chi connectivity index (χ4v) is 2.74. The van der Waals surface area contributed by atoms with Gasteiger partial charge in [0.2, 0.25) is 0 Å². The minimum Gasteiger partial charge on any atom is -0.494 e. The Balaban J connectivity index is 2.37. The highest BCUT2D eigenvalue weighted by Gasteiger charge is 2.23. The van der Waals surface area contributed by atoms with Gasteiger partial charge in [-0.25, -0.2) is 9.37 Å². The Morgan fingerprint density at radius 1 is 1.35 bits per heavy atom. The van der Waals surface area contributed by atoms with Crippen molar-refractivity contribution in [2.75, 3.05) is 7.11 Å². The second kappa shape index (κ2) is 5.50. The van der Waals surface area contributed by atoms with Gasteiger partial charge in [0.05, 0.1) is 17.8 Å². The van der Waals surface area contributed by atoms with Gasteiger partial charge in [0.1, 0.15) is 6.10 Å². The summed E-state index contributed by atoms with van der Waals surface area (Å²) in [6.07, 6.45) is -1.09. The first-order valence-corrected chi connectivity index (χ1v) is 7.19. The van der Waals surface area contributed by atoms with Gasteiger partial charge in [-0.2, -0.15) is 0 Å². The second-order valence-corrected chi connectivity index (χ2v) is 6.45. The maximum atomic E-state index is 14.1. The van der Waals surface area contributed by atoms with Crippen molar-refractivity contribution in [2.45, 2.75) is 32.3 Å². The summed E-state index contributed by atoms with van der Waals surface area (Å²) in [5.41, 5.74) is 0.553. The number of thiazole rings is 1. The molecule has 1 atom stereocenters. The molecule has 0 amide bonds. The van der Waals surface area contributed by atoms with Gasteiger partial charge in [-0.3, -0.25) is 0 Å². The van der Waals surface area contributed by atoms with Crippen LogP contribution in [0, 0.1) is 5.82 Å². The highest BCUT2D eigenvalue weighted by atomic mass is 32.1. The Hall–Kier alpha value is -1.46. The van der Waals surface area contributed by atoms with Crippen LogP contribution in [0.15, 0.2) is 23.6 Å². The van der Waals surface area contributed by atoms with E-state index in [-0.39, 0.29) is 16.7 Å². The van der Waals surface area contributed by atoms with Crippen molar-refractivity contribution in [3.8, 4) is 5.75 Å². The molecule has 0 aliphatic rings. The first-order valence-electron chi connectivity index (χ1n) is 6.31. The molecule has 0 aliphatic heterocycles. The maximum absolute atomic E-state index is 14.1. The maximum Gasteiger partial charge on any atom is 0.171 e. The largest absolute Gasteiger partial charge is 0.494 e. The number of methoxy groups -OCH3 is 1. The van der Waals surface area contributed by atoms with E-state index in [9.17, 15) is 9.50 Å². The zero-order valence-corrected chi connectivity index (χ0v) is 12.8. The van der Waals surface area contributed by atoms with Gasteiger partial charge in [-0.15, -0.1) is 11.3 Å². The molecular weight excluding hydrogens is 277 g/mol. The first-order chi connectivity index (χ1) is 9.34. The third kappa shape index (κ3) is 2.83. The third-order valence-corrected chi connectivity index (χ3v) is 4.24. The summed E-state index contributed by atoms with van der Waals surface area (Å²) in [4.78, 5) is 4.42. The normalized spacial score (nSPS) is 13.3.